The molecule has 0 spiro atoms. The van der Waals surface area contributed by atoms with Crippen LogP contribution in [0.1, 0.15) is 34.6 Å². The van der Waals surface area contributed by atoms with Crippen molar-refractivity contribution >= 4 is 11.6 Å². The third-order valence-corrected chi connectivity index (χ3v) is 5.10. The van der Waals surface area contributed by atoms with Gasteiger partial charge in [0.2, 0.25) is 5.91 Å². The predicted octanol–water partition coefficient (Wildman–Crippen LogP) is 3.88. The molecule has 3 aromatic rings. The molecular formula is C21H21N3O3. The number of anilines is 1. The van der Waals surface area contributed by atoms with Gasteiger partial charge in [0.25, 0.3) is 0 Å². The molecule has 1 atom stereocenters. The molecular weight excluding hydrogens is 342 g/mol. The number of benzene rings is 2. The second-order valence-corrected chi connectivity index (χ2v) is 6.93. The van der Waals surface area contributed by atoms with Crippen LogP contribution in [-0.2, 0) is 4.79 Å². The Labute approximate surface area is 157 Å². The van der Waals surface area contributed by atoms with Crippen LogP contribution in [0.4, 0.5) is 5.69 Å². The Kier molecular flexibility index (Phi) is 4.11. The summed E-state index contributed by atoms with van der Waals surface area (Å²) in [5.74, 6) is 0.105. The molecule has 27 heavy (non-hydrogen) atoms. The minimum atomic E-state index is -0.183. The normalized spacial score (nSPS) is 16.0. The molecule has 1 aromatic heterocycles. The maximum absolute atomic E-state index is 12.3. The lowest BCUT2D eigenvalue weighted by atomic mass is 9.83. The number of aromatic amines is 1. The van der Waals surface area contributed by atoms with E-state index < -0.39 is 0 Å². The van der Waals surface area contributed by atoms with E-state index in [1.54, 1.807) is 12.3 Å². The van der Waals surface area contributed by atoms with Gasteiger partial charge in [-0.05, 0) is 37.1 Å². The minimum Gasteiger partial charge on any atom is -0.504 e. The number of carbonyl (C=O) groups is 1. The quantitative estimate of drug-likeness (QED) is 0.659. The van der Waals surface area contributed by atoms with Gasteiger partial charge in [0.15, 0.2) is 11.5 Å². The molecule has 0 aliphatic carbocycles. The van der Waals surface area contributed by atoms with Crippen molar-refractivity contribution in [2.45, 2.75) is 26.2 Å². The summed E-state index contributed by atoms with van der Waals surface area (Å²) in [5.41, 5.74) is 6.72. The van der Waals surface area contributed by atoms with Crippen molar-refractivity contribution in [3.05, 3.63) is 58.8 Å². The summed E-state index contributed by atoms with van der Waals surface area (Å²) in [4.78, 5) is 12.3. The van der Waals surface area contributed by atoms with Gasteiger partial charge in [0.05, 0.1) is 19.0 Å². The van der Waals surface area contributed by atoms with Crippen LogP contribution in [0.25, 0.3) is 11.3 Å². The van der Waals surface area contributed by atoms with E-state index in [9.17, 15) is 9.90 Å². The largest absolute Gasteiger partial charge is 0.504 e. The first kappa shape index (κ1) is 17.1. The molecule has 1 aliphatic heterocycles. The summed E-state index contributed by atoms with van der Waals surface area (Å²) in [6.45, 7) is 4.11. The minimum absolute atomic E-state index is 0.000791. The number of carbonyl (C=O) groups excluding carboxylic acids is 1. The van der Waals surface area contributed by atoms with E-state index in [-0.39, 0.29) is 17.6 Å². The maximum Gasteiger partial charge on any atom is 0.225 e. The lowest BCUT2D eigenvalue weighted by Crippen LogP contribution is -2.23. The van der Waals surface area contributed by atoms with E-state index in [1.165, 1.54) is 13.2 Å². The first-order valence-electron chi connectivity index (χ1n) is 8.79. The lowest BCUT2D eigenvalue weighted by Gasteiger charge is -2.27. The smallest absolute Gasteiger partial charge is 0.225 e. The number of aromatic hydroxyl groups is 1. The number of hydrogen-bond donors (Lipinski definition) is 3. The number of phenolic OH excluding ortho intramolecular Hbond substituents is 1. The summed E-state index contributed by atoms with van der Waals surface area (Å²) >= 11 is 0. The van der Waals surface area contributed by atoms with Crippen molar-refractivity contribution in [2.24, 2.45) is 0 Å². The van der Waals surface area contributed by atoms with E-state index in [0.29, 0.717) is 17.9 Å². The van der Waals surface area contributed by atoms with Crippen molar-refractivity contribution in [1.82, 2.24) is 10.2 Å². The Morgan fingerprint density at radius 3 is 2.78 bits per heavy atom. The molecule has 6 heteroatoms. The van der Waals surface area contributed by atoms with Crippen LogP contribution in [0.2, 0.25) is 0 Å². The summed E-state index contributed by atoms with van der Waals surface area (Å²) in [6.07, 6.45) is 2.09. The number of H-pyrrole nitrogens is 1. The Bertz CT molecular complexity index is 1040. The molecule has 2 aromatic carbocycles. The van der Waals surface area contributed by atoms with Gasteiger partial charge in [-0.2, -0.15) is 5.10 Å². The van der Waals surface area contributed by atoms with Gasteiger partial charge < -0.3 is 15.2 Å². The number of aromatic nitrogens is 2. The summed E-state index contributed by atoms with van der Waals surface area (Å²) in [7, 11) is 1.51. The fourth-order valence-corrected chi connectivity index (χ4v) is 3.70. The molecule has 138 valence electrons. The van der Waals surface area contributed by atoms with Gasteiger partial charge in [-0.15, -0.1) is 0 Å². The van der Waals surface area contributed by atoms with E-state index in [2.05, 4.69) is 47.6 Å². The first-order chi connectivity index (χ1) is 13.0. The molecule has 0 fully saturated rings. The number of nitrogens with one attached hydrogen (secondary N) is 2. The average Bonchev–Trinajstić information content (AvgIpc) is 3.11. The SMILES string of the molecule is COc1cc2c(cc1O)NC(=O)CC2c1cn[nH]c1-c1cc(C)ccc1C. The van der Waals surface area contributed by atoms with Crippen molar-refractivity contribution in [3.8, 4) is 22.8 Å². The summed E-state index contributed by atoms with van der Waals surface area (Å²) in [6, 6.07) is 9.60. The van der Waals surface area contributed by atoms with E-state index in [1.807, 2.05) is 0 Å². The maximum atomic E-state index is 12.3. The van der Waals surface area contributed by atoms with Gasteiger partial charge in [0.1, 0.15) is 0 Å². The Balaban J connectivity index is 1.88. The van der Waals surface area contributed by atoms with Crippen molar-refractivity contribution in [2.75, 3.05) is 12.4 Å². The molecule has 1 amide bonds. The zero-order valence-corrected chi connectivity index (χ0v) is 15.5. The Morgan fingerprint density at radius 1 is 1.19 bits per heavy atom. The fourth-order valence-electron chi connectivity index (χ4n) is 3.70. The van der Waals surface area contributed by atoms with Gasteiger partial charge in [-0.3, -0.25) is 9.89 Å². The summed E-state index contributed by atoms with van der Waals surface area (Å²) < 4.78 is 5.27. The fraction of sp³-hybridized carbons (Fsp3) is 0.238. The summed E-state index contributed by atoms with van der Waals surface area (Å²) in [5, 5.41) is 20.3. The van der Waals surface area contributed by atoms with Gasteiger partial charge in [-0.1, -0.05) is 17.7 Å². The highest BCUT2D eigenvalue weighted by atomic mass is 16.5. The van der Waals surface area contributed by atoms with Gasteiger partial charge >= 0.3 is 0 Å². The van der Waals surface area contributed by atoms with Crippen LogP contribution in [0.15, 0.2) is 36.5 Å². The van der Waals surface area contributed by atoms with Crippen molar-refractivity contribution in [3.63, 3.8) is 0 Å². The molecule has 1 unspecified atom stereocenters. The average molecular weight is 363 g/mol. The number of fused-ring (bicyclic) bond motifs is 1. The highest BCUT2D eigenvalue weighted by Gasteiger charge is 2.31. The zero-order chi connectivity index (χ0) is 19.1. The van der Waals surface area contributed by atoms with E-state index in [4.69, 9.17) is 4.74 Å². The van der Waals surface area contributed by atoms with Crippen molar-refractivity contribution < 1.29 is 14.6 Å². The molecule has 0 radical (unpaired) electrons. The standard InChI is InChI=1S/C21H21N3O3/c1-11-4-5-12(2)13(6-11)21-16(10-22-24-21)14-8-20(26)23-17-9-18(25)19(27-3)7-15(14)17/h4-7,9-10,14,25H,8H2,1-3H3,(H,22,24)(H,23,26). The predicted molar refractivity (Wildman–Crippen MR) is 103 cm³/mol. The molecule has 0 bridgehead atoms. The second kappa shape index (κ2) is 6.46. The number of nitrogens with zero attached hydrogens (tertiary/aromatic N) is 1. The molecule has 1 aliphatic rings. The number of amides is 1. The van der Waals surface area contributed by atoms with E-state index >= 15 is 0 Å². The van der Waals surface area contributed by atoms with Crippen LogP contribution < -0.4 is 10.1 Å². The third kappa shape index (κ3) is 2.93. The second-order valence-electron chi connectivity index (χ2n) is 6.93. The monoisotopic (exact) mass is 363 g/mol. The third-order valence-electron chi connectivity index (χ3n) is 5.10. The molecule has 3 N–H and O–H groups in total. The molecule has 0 saturated heterocycles. The number of phenols is 1. The Hall–Kier alpha value is -3.28. The van der Waals surface area contributed by atoms with Crippen LogP contribution in [0, 0.1) is 13.8 Å². The van der Waals surface area contributed by atoms with Gasteiger partial charge in [0, 0.05) is 35.2 Å². The first-order valence-corrected chi connectivity index (χ1v) is 8.79. The number of rotatable bonds is 3. The Morgan fingerprint density at radius 2 is 2.00 bits per heavy atom. The van der Waals surface area contributed by atoms with Crippen LogP contribution in [0.3, 0.4) is 0 Å². The topological polar surface area (TPSA) is 87.2 Å². The number of methoxy groups -OCH3 is 1. The molecule has 4 rings (SSSR count). The number of aryl methyl sites for hydroxylation is 2. The molecule has 6 nitrogen and oxygen atoms in total. The van der Waals surface area contributed by atoms with Gasteiger partial charge in [-0.25, -0.2) is 0 Å². The number of hydrogen-bond acceptors (Lipinski definition) is 4. The highest BCUT2D eigenvalue weighted by Crippen LogP contribution is 2.44. The molecule has 0 saturated carbocycles. The zero-order valence-electron chi connectivity index (χ0n) is 15.5. The number of ether oxygens (including phenoxy) is 1. The molecule has 2 heterocycles. The van der Waals surface area contributed by atoms with E-state index in [0.717, 1.165) is 33.5 Å². The van der Waals surface area contributed by atoms with Crippen LogP contribution in [0.5, 0.6) is 11.5 Å². The lowest BCUT2D eigenvalue weighted by molar-refractivity contribution is -0.116. The van der Waals surface area contributed by atoms with Crippen LogP contribution in [-0.4, -0.2) is 28.3 Å². The van der Waals surface area contributed by atoms with Crippen molar-refractivity contribution in [1.29, 1.82) is 0 Å². The van der Waals surface area contributed by atoms with Crippen LogP contribution >= 0.6 is 0 Å². The highest BCUT2D eigenvalue weighted by molar-refractivity contribution is 5.96.